The number of benzene rings is 1. The first kappa shape index (κ1) is 17.9. The minimum Gasteiger partial charge on any atom is -0.376 e. The molecule has 0 unspecified atom stereocenters. The van der Waals surface area contributed by atoms with Gasteiger partial charge in [0.25, 0.3) is 5.56 Å². The summed E-state index contributed by atoms with van der Waals surface area (Å²) in [4.78, 5) is 29.3. The number of fused-ring (bicyclic) bond motifs is 1. The summed E-state index contributed by atoms with van der Waals surface area (Å²) in [5, 5.41) is 4.11. The van der Waals surface area contributed by atoms with Crippen molar-refractivity contribution in [3.05, 3.63) is 34.6 Å². The molecule has 1 aliphatic rings. The number of hydrogen-bond acceptors (Lipinski definition) is 5. The van der Waals surface area contributed by atoms with E-state index in [2.05, 4.69) is 10.3 Å². The van der Waals surface area contributed by atoms with Gasteiger partial charge in [0, 0.05) is 19.7 Å². The van der Waals surface area contributed by atoms with E-state index >= 15 is 0 Å². The number of aromatic nitrogens is 2. The monoisotopic (exact) mass is 361 g/mol. The summed E-state index contributed by atoms with van der Waals surface area (Å²) in [5.74, 6) is 0.173. The average Bonchev–Trinajstić information content (AvgIpc) is 3.14. The second kappa shape index (κ2) is 8.49. The van der Waals surface area contributed by atoms with Gasteiger partial charge in [-0.05, 0) is 31.4 Å². The zero-order valence-corrected chi connectivity index (χ0v) is 15.2. The van der Waals surface area contributed by atoms with Crippen LogP contribution in [0.3, 0.4) is 0 Å². The molecule has 25 heavy (non-hydrogen) atoms. The maximum absolute atomic E-state index is 12.7. The van der Waals surface area contributed by atoms with Crippen molar-refractivity contribution in [1.82, 2.24) is 14.9 Å². The molecule has 1 amide bonds. The van der Waals surface area contributed by atoms with Crippen LogP contribution in [0.4, 0.5) is 0 Å². The molecule has 1 N–H and O–H groups in total. The number of nitrogens with one attached hydrogen (secondary N) is 1. The Hall–Kier alpha value is -1.86. The highest BCUT2D eigenvalue weighted by Crippen LogP contribution is 2.18. The third-order valence-corrected chi connectivity index (χ3v) is 5.13. The van der Waals surface area contributed by atoms with Gasteiger partial charge in [-0.25, -0.2) is 4.98 Å². The van der Waals surface area contributed by atoms with Crippen molar-refractivity contribution >= 4 is 28.6 Å². The van der Waals surface area contributed by atoms with Gasteiger partial charge in [0.1, 0.15) is 0 Å². The Morgan fingerprint density at radius 1 is 1.44 bits per heavy atom. The van der Waals surface area contributed by atoms with Gasteiger partial charge < -0.3 is 10.1 Å². The van der Waals surface area contributed by atoms with E-state index in [4.69, 9.17) is 4.74 Å². The highest BCUT2D eigenvalue weighted by Gasteiger charge is 2.17. The lowest BCUT2D eigenvalue weighted by Crippen LogP contribution is -2.33. The van der Waals surface area contributed by atoms with Crippen molar-refractivity contribution in [2.24, 2.45) is 0 Å². The summed E-state index contributed by atoms with van der Waals surface area (Å²) in [5.41, 5.74) is 0.622. The molecule has 0 aliphatic carbocycles. The molecule has 1 fully saturated rings. The highest BCUT2D eigenvalue weighted by molar-refractivity contribution is 7.99. The number of carbonyl (C=O) groups is 1. The molecule has 0 saturated carbocycles. The standard InChI is InChI=1S/C18H23N3O3S/c1-2-9-21-17(23)14-7-3-4-8-15(14)20-18(21)25-12-16(22)19-11-13-6-5-10-24-13/h3-4,7-8,13H,2,5-6,9-12H2,1H3,(H,19,22)/t13-/m0/s1. The Morgan fingerprint density at radius 2 is 2.28 bits per heavy atom. The lowest BCUT2D eigenvalue weighted by molar-refractivity contribution is -0.119. The predicted octanol–water partition coefficient (Wildman–Crippen LogP) is 2.19. The first-order valence-electron chi connectivity index (χ1n) is 8.69. The van der Waals surface area contributed by atoms with Gasteiger partial charge >= 0.3 is 0 Å². The smallest absolute Gasteiger partial charge is 0.262 e. The van der Waals surface area contributed by atoms with Crippen molar-refractivity contribution in [3.63, 3.8) is 0 Å². The number of thioether (sulfide) groups is 1. The molecule has 134 valence electrons. The SMILES string of the molecule is CCCn1c(SCC(=O)NC[C@@H]2CCCO2)nc2ccccc2c1=O. The molecule has 2 heterocycles. The quantitative estimate of drug-likeness (QED) is 0.604. The molecule has 1 aromatic heterocycles. The number of ether oxygens (including phenoxy) is 1. The molecule has 1 atom stereocenters. The topological polar surface area (TPSA) is 73.2 Å². The first-order chi connectivity index (χ1) is 12.2. The van der Waals surface area contributed by atoms with Gasteiger partial charge in [-0.2, -0.15) is 0 Å². The summed E-state index contributed by atoms with van der Waals surface area (Å²) < 4.78 is 7.17. The number of rotatable bonds is 7. The van der Waals surface area contributed by atoms with Crippen LogP contribution >= 0.6 is 11.8 Å². The molecule has 1 aromatic carbocycles. The van der Waals surface area contributed by atoms with Crippen molar-refractivity contribution in [2.45, 2.75) is 44.0 Å². The minimum absolute atomic E-state index is 0.0466. The van der Waals surface area contributed by atoms with E-state index in [1.54, 1.807) is 10.6 Å². The minimum atomic E-state index is -0.0639. The summed E-state index contributed by atoms with van der Waals surface area (Å²) in [7, 11) is 0. The van der Waals surface area contributed by atoms with E-state index in [0.29, 0.717) is 29.1 Å². The molecule has 6 nitrogen and oxygen atoms in total. The molecule has 7 heteroatoms. The fourth-order valence-electron chi connectivity index (χ4n) is 2.89. The van der Waals surface area contributed by atoms with Crippen LogP contribution in [0.2, 0.25) is 0 Å². The molecule has 0 radical (unpaired) electrons. The number of amides is 1. The molecule has 3 rings (SSSR count). The summed E-state index contributed by atoms with van der Waals surface area (Å²) in [6.07, 6.45) is 3.01. The van der Waals surface area contributed by atoms with E-state index in [9.17, 15) is 9.59 Å². The lowest BCUT2D eigenvalue weighted by atomic mass is 10.2. The number of carbonyl (C=O) groups excluding carboxylic acids is 1. The summed E-state index contributed by atoms with van der Waals surface area (Å²) >= 11 is 1.31. The van der Waals surface area contributed by atoms with Gasteiger partial charge in [-0.15, -0.1) is 0 Å². The van der Waals surface area contributed by atoms with E-state index in [-0.39, 0.29) is 23.3 Å². The van der Waals surface area contributed by atoms with E-state index in [0.717, 1.165) is 25.9 Å². The Labute approximate surface area is 151 Å². The second-order valence-electron chi connectivity index (χ2n) is 6.10. The maximum Gasteiger partial charge on any atom is 0.262 e. The number of hydrogen-bond donors (Lipinski definition) is 1. The van der Waals surface area contributed by atoms with Crippen molar-refractivity contribution in [2.75, 3.05) is 18.9 Å². The molecule has 1 saturated heterocycles. The predicted molar refractivity (Wildman–Crippen MR) is 99.0 cm³/mol. The van der Waals surface area contributed by atoms with E-state index in [1.165, 1.54) is 11.8 Å². The molecular formula is C18H23N3O3S. The summed E-state index contributed by atoms with van der Waals surface area (Å²) in [6.45, 7) is 3.94. The normalized spacial score (nSPS) is 17.1. The van der Waals surface area contributed by atoms with Crippen LogP contribution in [0.25, 0.3) is 10.9 Å². The van der Waals surface area contributed by atoms with Crippen LogP contribution in [-0.4, -0.2) is 40.5 Å². The van der Waals surface area contributed by atoms with Crippen LogP contribution in [-0.2, 0) is 16.1 Å². The fraction of sp³-hybridized carbons (Fsp3) is 0.500. The highest BCUT2D eigenvalue weighted by atomic mass is 32.2. The van der Waals surface area contributed by atoms with Gasteiger partial charge in [0.05, 0.1) is 22.8 Å². The largest absolute Gasteiger partial charge is 0.376 e. The van der Waals surface area contributed by atoms with Crippen molar-refractivity contribution in [3.8, 4) is 0 Å². The Bertz CT molecular complexity index is 800. The van der Waals surface area contributed by atoms with Gasteiger partial charge in [0.15, 0.2) is 5.16 Å². The van der Waals surface area contributed by atoms with Crippen molar-refractivity contribution in [1.29, 1.82) is 0 Å². The molecular weight excluding hydrogens is 338 g/mol. The van der Waals surface area contributed by atoms with Crippen molar-refractivity contribution < 1.29 is 9.53 Å². The second-order valence-corrected chi connectivity index (χ2v) is 7.04. The van der Waals surface area contributed by atoms with Gasteiger partial charge in [0.2, 0.25) is 5.91 Å². The zero-order valence-electron chi connectivity index (χ0n) is 14.4. The molecule has 1 aliphatic heterocycles. The van der Waals surface area contributed by atoms with Gasteiger partial charge in [-0.1, -0.05) is 30.8 Å². The van der Waals surface area contributed by atoms with Crippen LogP contribution in [0, 0.1) is 0 Å². The van der Waals surface area contributed by atoms with Crippen LogP contribution in [0.1, 0.15) is 26.2 Å². The van der Waals surface area contributed by atoms with E-state index in [1.807, 2.05) is 25.1 Å². The summed E-state index contributed by atoms with van der Waals surface area (Å²) in [6, 6.07) is 7.32. The molecule has 2 aromatic rings. The molecule has 0 spiro atoms. The van der Waals surface area contributed by atoms with Crippen LogP contribution < -0.4 is 10.9 Å². The van der Waals surface area contributed by atoms with Gasteiger partial charge in [-0.3, -0.25) is 14.2 Å². The average molecular weight is 361 g/mol. The zero-order chi connectivity index (χ0) is 17.6. The Kier molecular flexibility index (Phi) is 6.09. The third-order valence-electron chi connectivity index (χ3n) is 4.16. The fourth-order valence-corrected chi connectivity index (χ4v) is 3.75. The number of para-hydroxylation sites is 1. The first-order valence-corrected chi connectivity index (χ1v) is 9.68. The third kappa shape index (κ3) is 4.41. The van der Waals surface area contributed by atoms with Crippen LogP contribution in [0.15, 0.2) is 34.2 Å². The molecule has 0 bridgehead atoms. The maximum atomic E-state index is 12.7. The van der Waals surface area contributed by atoms with E-state index < -0.39 is 0 Å². The number of nitrogens with zero attached hydrogens (tertiary/aromatic N) is 2. The Balaban J connectivity index is 1.70. The lowest BCUT2D eigenvalue weighted by Gasteiger charge is -2.13. The Morgan fingerprint density at radius 3 is 3.04 bits per heavy atom. The van der Waals surface area contributed by atoms with Crippen LogP contribution in [0.5, 0.6) is 0 Å².